The third-order valence-corrected chi connectivity index (χ3v) is 4.41. The second kappa shape index (κ2) is 5.03. The Kier molecular flexibility index (Phi) is 3.88. The van der Waals surface area contributed by atoms with E-state index in [4.69, 9.17) is 4.74 Å². The lowest BCUT2D eigenvalue weighted by Crippen LogP contribution is -2.54. The molecule has 0 amide bonds. The molecular formula is C13H25NO2. The molecule has 16 heavy (non-hydrogen) atoms. The second-order valence-electron chi connectivity index (χ2n) is 5.31. The van der Waals surface area contributed by atoms with Crippen LogP contribution in [0.3, 0.4) is 0 Å². The van der Waals surface area contributed by atoms with Crippen molar-refractivity contribution in [2.75, 3.05) is 19.7 Å². The highest BCUT2D eigenvalue weighted by molar-refractivity contribution is 4.92. The first-order chi connectivity index (χ1) is 7.68. The smallest absolute Gasteiger partial charge is 0.0769 e. The number of hydrogen-bond donors (Lipinski definition) is 1. The lowest BCUT2D eigenvalue weighted by atomic mass is 9.95. The van der Waals surface area contributed by atoms with Crippen LogP contribution in [-0.4, -0.2) is 47.4 Å². The van der Waals surface area contributed by atoms with Gasteiger partial charge >= 0.3 is 0 Å². The fourth-order valence-electron chi connectivity index (χ4n) is 3.05. The molecule has 2 fully saturated rings. The van der Waals surface area contributed by atoms with Crippen LogP contribution in [-0.2, 0) is 4.74 Å². The molecule has 0 radical (unpaired) electrons. The van der Waals surface area contributed by atoms with Crippen LogP contribution in [0.25, 0.3) is 0 Å². The lowest BCUT2D eigenvalue weighted by molar-refractivity contribution is -0.0895. The molecule has 0 bridgehead atoms. The average Bonchev–Trinajstić information content (AvgIpc) is 2.78. The third-order valence-electron chi connectivity index (χ3n) is 4.41. The molecule has 1 aliphatic carbocycles. The van der Waals surface area contributed by atoms with E-state index in [1.165, 1.54) is 19.3 Å². The highest BCUT2D eigenvalue weighted by Gasteiger charge is 2.38. The number of aliphatic hydroxyl groups is 1. The molecule has 3 nitrogen and oxygen atoms in total. The molecule has 1 saturated heterocycles. The summed E-state index contributed by atoms with van der Waals surface area (Å²) in [6, 6.07) is 0.568. The van der Waals surface area contributed by atoms with Crippen LogP contribution in [0, 0.1) is 0 Å². The number of β-amino-alcohol motifs (C(OH)–C–C–N with tert-alkyl or cyclic N) is 1. The zero-order chi connectivity index (χ0) is 11.6. The van der Waals surface area contributed by atoms with Crippen LogP contribution in [0.4, 0.5) is 0 Å². The van der Waals surface area contributed by atoms with Gasteiger partial charge in [-0.2, -0.15) is 0 Å². The number of morpholine rings is 1. The summed E-state index contributed by atoms with van der Waals surface area (Å²) >= 11 is 0. The summed E-state index contributed by atoms with van der Waals surface area (Å²) in [5.74, 6) is 0. The zero-order valence-electron chi connectivity index (χ0n) is 10.6. The number of fused-ring (bicyclic) bond motifs is 1. The van der Waals surface area contributed by atoms with E-state index in [9.17, 15) is 5.11 Å². The Labute approximate surface area is 98.8 Å². The molecule has 94 valence electrons. The van der Waals surface area contributed by atoms with E-state index < -0.39 is 5.60 Å². The Hall–Kier alpha value is -0.120. The van der Waals surface area contributed by atoms with E-state index >= 15 is 0 Å². The second-order valence-corrected chi connectivity index (χ2v) is 5.31. The van der Waals surface area contributed by atoms with Gasteiger partial charge in [0.05, 0.1) is 18.3 Å². The minimum absolute atomic E-state index is 0.437. The molecular weight excluding hydrogens is 202 g/mol. The summed E-state index contributed by atoms with van der Waals surface area (Å²) in [7, 11) is 0. The quantitative estimate of drug-likeness (QED) is 0.795. The van der Waals surface area contributed by atoms with Gasteiger partial charge in [-0.05, 0) is 32.1 Å². The van der Waals surface area contributed by atoms with Gasteiger partial charge in [0.15, 0.2) is 0 Å². The maximum Gasteiger partial charge on any atom is 0.0769 e. The molecule has 0 aromatic carbocycles. The van der Waals surface area contributed by atoms with E-state index in [2.05, 4.69) is 18.7 Å². The Morgan fingerprint density at radius 2 is 2.06 bits per heavy atom. The molecule has 0 aromatic heterocycles. The summed E-state index contributed by atoms with van der Waals surface area (Å²) < 4.78 is 5.79. The van der Waals surface area contributed by atoms with Gasteiger partial charge in [-0.3, -0.25) is 4.90 Å². The third kappa shape index (κ3) is 2.41. The fourth-order valence-corrected chi connectivity index (χ4v) is 3.05. The van der Waals surface area contributed by atoms with Gasteiger partial charge < -0.3 is 9.84 Å². The molecule has 1 aliphatic heterocycles. The van der Waals surface area contributed by atoms with Gasteiger partial charge in [0.2, 0.25) is 0 Å². The monoisotopic (exact) mass is 227 g/mol. The molecule has 0 spiro atoms. The van der Waals surface area contributed by atoms with Crippen molar-refractivity contribution >= 4 is 0 Å². The van der Waals surface area contributed by atoms with Crippen molar-refractivity contribution in [1.82, 2.24) is 4.90 Å². The highest BCUT2D eigenvalue weighted by atomic mass is 16.5. The van der Waals surface area contributed by atoms with Gasteiger partial charge in [-0.15, -0.1) is 0 Å². The SMILES string of the molecule is CCC(O)(CC)CN1CCOC2CCCC21. The standard InChI is InChI=1S/C13H25NO2/c1-3-13(15,4-2)10-14-8-9-16-12-7-5-6-11(12)14/h11-12,15H,3-10H2,1-2H3. The van der Waals surface area contributed by atoms with Crippen LogP contribution >= 0.6 is 0 Å². The first-order valence-corrected chi connectivity index (χ1v) is 6.76. The van der Waals surface area contributed by atoms with Crippen LogP contribution < -0.4 is 0 Å². The van der Waals surface area contributed by atoms with E-state index in [0.717, 1.165) is 32.5 Å². The van der Waals surface area contributed by atoms with Crippen molar-refractivity contribution in [3.63, 3.8) is 0 Å². The predicted octanol–water partition coefficient (Wildman–Crippen LogP) is 1.79. The predicted molar refractivity (Wildman–Crippen MR) is 64.5 cm³/mol. The van der Waals surface area contributed by atoms with Crippen molar-refractivity contribution in [2.45, 2.75) is 63.7 Å². The Morgan fingerprint density at radius 3 is 2.75 bits per heavy atom. The van der Waals surface area contributed by atoms with Crippen molar-refractivity contribution in [2.24, 2.45) is 0 Å². The normalized spacial score (nSPS) is 31.7. The number of hydrogen-bond acceptors (Lipinski definition) is 3. The van der Waals surface area contributed by atoms with Crippen LogP contribution in [0.1, 0.15) is 46.0 Å². The minimum atomic E-state index is -0.496. The molecule has 1 heterocycles. The minimum Gasteiger partial charge on any atom is -0.389 e. The zero-order valence-corrected chi connectivity index (χ0v) is 10.6. The van der Waals surface area contributed by atoms with Crippen LogP contribution in [0.5, 0.6) is 0 Å². The molecule has 2 rings (SSSR count). The fraction of sp³-hybridized carbons (Fsp3) is 1.00. The first-order valence-electron chi connectivity index (χ1n) is 6.76. The summed E-state index contributed by atoms with van der Waals surface area (Å²) in [5.41, 5.74) is -0.496. The highest BCUT2D eigenvalue weighted by Crippen LogP contribution is 2.31. The van der Waals surface area contributed by atoms with E-state index in [0.29, 0.717) is 12.1 Å². The van der Waals surface area contributed by atoms with E-state index in [1.807, 2.05) is 0 Å². The number of rotatable bonds is 4. The number of ether oxygens (including phenoxy) is 1. The summed E-state index contributed by atoms with van der Waals surface area (Å²) in [6.45, 7) is 6.81. The molecule has 1 N–H and O–H groups in total. The van der Waals surface area contributed by atoms with Crippen LogP contribution in [0.2, 0.25) is 0 Å². The van der Waals surface area contributed by atoms with Crippen LogP contribution in [0.15, 0.2) is 0 Å². The topological polar surface area (TPSA) is 32.7 Å². The van der Waals surface area contributed by atoms with Crippen molar-refractivity contribution in [1.29, 1.82) is 0 Å². The molecule has 3 heteroatoms. The summed E-state index contributed by atoms with van der Waals surface area (Å²) in [6.07, 6.45) is 5.86. The summed E-state index contributed by atoms with van der Waals surface area (Å²) in [5, 5.41) is 10.4. The van der Waals surface area contributed by atoms with E-state index in [-0.39, 0.29) is 0 Å². The van der Waals surface area contributed by atoms with Crippen molar-refractivity contribution in [3.8, 4) is 0 Å². The number of nitrogens with zero attached hydrogens (tertiary/aromatic N) is 1. The maximum atomic E-state index is 10.4. The van der Waals surface area contributed by atoms with Gasteiger partial charge in [-0.1, -0.05) is 13.8 Å². The Bertz CT molecular complexity index is 228. The molecule has 2 unspecified atom stereocenters. The van der Waals surface area contributed by atoms with Gasteiger partial charge in [0, 0.05) is 19.1 Å². The molecule has 2 aliphatic rings. The Balaban J connectivity index is 1.97. The van der Waals surface area contributed by atoms with E-state index in [1.54, 1.807) is 0 Å². The largest absolute Gasteiger partial charge is 0.389 e. The summed E-state index contributed by atoms with van der Waals surface area (Å²) in [4.78, 5) is 2.47. The molecule has 0 aromatic rings. The van der Waals surface area contributed by atoms with Crippen molar-refractivity contribution < 1.29 is 9.84 Å². The van der Waals surface area contributed by atoms with Gasteiger partial charge in [-0.25, -0.2) is 0 Å². The van der Waals surface area contributed by atoms with Gasteiger partial charge in [0.1, 0.15) is 0 Å². The van der Waals surface area contributed by atoms with Gasteiger partial charge in [0.25, 0.3) is 0 Å². The molecule has 2 atom stereocenters. The molecule has 1 saturated carbocycles. The van der Waals surface area contributed by atoms with Crippen molar-refractivity contribution in [3.05, 3.63) is 0 Å². The Morgan fingerprint density at radius 1 is 1.31 bits per heavy atom. The first kappa shape index (κ1) is 12.3. The average molecular weight is 227 g/mol. The maximum absolute atomic E-state index is 10.4. The lowest BCUT2D eigenvalue weighted by Gasteiger charge is -2.41.